The number of halogens is 1. The van der Waals surface area contributed by atoms with E-state index in [0.717, 1.165) is 16.7 Å². The van der Waals surface area contributed by atoms with Crippen molar-refractivity contribution in [2.75, 3.05) is 5.32 Å². The smallest absolute Gasteiger partial charge is 0.319 e. The fraction of sp³-hybridized carbons (Fsp3) is 0.333. The summed E-state index contributed by atoms with van der Waals surface area (Å²) in [4.78, 5) is 50.2. The standard InChI is InChI=1S/C24H25ClN4O4/c1-13(2)18-10-16(4-6-19(18)25)27-24(33)26-11-14-3-5-17-15(9-14)12-29(23(17)32)20-7-8-21(30)28-22(20)31/h3-6,9-10,13,20H,7-8,11-12H2,1-2H3,(H2,26,27,33)(H,28,30,31). The Bertz CT molecular complexity index is 1150. The number of hydrogen-bond donors (Lipinski definition) is 3. The largest absolute Gasteiger partial charge is 0.334 e. The third-order valence-electron chi connectivity index (χ3n) is 5.92. The second kappa shape index (κ2) is 9.23. The molecule has 33 heavy (non-hydrogen) atoms. The van der Waals surface area contributed by atoms with Crippen molar-refractivity contribution in [3.63, 3.8) is 0 Å². The SMILES string of the molecule is CC(C)c1cc(NC(=O)NCc2ccc3c(c2)CN(C2CCC(=O)NC2=O)C3=O)ccc1Cl. The van der Waals surface area contributed by atoms with Crippen LogP contribution in [-0.2, 0) is 22.7 Å². The number of nitrogens with zero attached hydrogens (tertiary/aromatic N) is 1. The molecule has 8 nitrogen and oxygen atoms in total. The van der Waals surface area contributed by atoms with Crippen molar-refractivity contribution in [3.8, 4) is 0 Å². The van der Waals surface area contributed by atoms with Crippen LogP contribution in [0.5, 0.6) is 0 Å². The number of nitrogens with one attached hydrogen (secondary N) is 3. The first-order valence-corrected chi connectivity index (χ1v) is 11.2. The molecule has 2 heterocycles. The molecule has 0 saturated carbocycles. The van der Waals surface area contributed by atoms with Gasteiger partial charge < -0.3 is 15.5 Å². The number of anilines is 1. The number of carbonyl (C=O) groups excluding carboxylic acids is 4. The molecule has 9 heteroatoms. The van der Waals surface area contributed by atoms with Crippen LogP contribution in [0.25, 0.3) is 0 Å². The molecule has 0 radical (unpaired) electrons. The van der Waals surface area contributed by atoms with E-state index < -0.39 is 11.9 Å². The zero-order valence-electron chi connectivity index (χ0n) is 18.4. The number of fused-ring (bicyclic) bond motifs is 1. The molecule has 1 saturated heterocycles. The number of carbonyl (C=O) groups is 4. The molecule has 2 aliphatic heterocycles. The van der Waals surface area contributed by atoms with E-state index in [1.54, 1.807) is 24.3 Å². The lowest BCUT2D eigenvalue weighted by Gasteiger charge is -2.29. The number of imide groups is 1. The number of urea groups is 1. The third-order valence-corrected chi connectivity index (χ3v) is 6.26. The van der Waals surface area contributed by atoms with Crippen LogP contribution in [0.2, 0.25) is 5.02 Å². The minimum absolute atomic E-state index is 0.215. The average molecular weight is 469 g/mol. The number of hydrogen-bond acceptors (Lipinski definition) is 4. The second-order valence-corrected chi connectivity index (χ2v) is 9.00. The summed E-state index contributed by atoms with van der Waals surface area (Å²) in [5.74, 6) is -0.739. The molecular weight excluding hydrogens is 444 g/mol. The third kappa shape index (κ3) is 4.85. The highest BCUT2D eigenvalue weighted by Crippen LogP contribution is 2.29. The van der Waals surface area contributed by atoms with Gasteiger partial charge >= 0.3 is 6.03 Å². The highest BCUT2D eigenvalue weighted by Gasteiger charge is 2.39. The predicted octanol–water partition coefficient (Wildman–Crippen LogP) is 3.55. The van der Waals surface area contributed by atoms with E-state index in [9.17, 15) is 19.2 Å². The summed E-state index contributed by atoms with van der Waals surface area (Å²) in [6, 6.07) is 9.72. The zero-order valence-corrected chi connectivity index (χ0v) is 19.2. The molecule has 3 N–H and O–H groups in total. The number of amides is 5. The minimum atomic E-state index is -0.648. The lowest BCUT2D eigenvalue weighted by Crippen LogP contribution is -2.52. The zero-order chi connectivity index (χ0) is 23.7. The summed E-state index contributed by atoms with van der Waals surface area (Å²) in [6.07, 6.45) is 0.537. The van der Waals surface area contributed by atoms with Crippen molar-refractivity contribution in [1.29, 1.82) is 0 Å². The van der Waals surface area contributed by atoms with Gasteiger partial charge in [0, 0.05) is 35.8 Å². The van der Waals surface area contributed by atoms with Crippen LogP contribution in [0.4, 0.5) is 10.5 Å². The molecule has 0 bridgehead atoms. The Hall–Kier alpha value is -3.39. The van der Waals surface area contributed by atoms with Crippen LogP contribution < -0.4 is 16.0 Å². The van der Waals surface area contributed by atoms with Gasteiger partial charge in [-0.3, -0.25) is 19.7 Å². The van der Waals surface area contributed by atoms with Gasteiger partial charge in [-0.05, 0) is 53.3 Å². The molecule has 172 valence electrons. The maximum absolute atomic E-state index is 12.8. The first-order valence-electron chi connectivity index (χ1n) is 10.8. The first-order chi connectivity index (χ1) is 15.7. The van der Waals surface area contributed by atoms with Gasteiger partial charge in [0.2, 0.25) is 11.8 Å². The molecule has 5 amide bonds. The van der Waals surface area contributed by atoms with Gasteiger partial charge in [0.05, 0.1) is 0 Å². The second-order valence-electron chi connectivity index (χ2n) is 8.59. The summed E-state index contributed by atoms with van der Waals surface area (Å²) >= 11 is 6.21. The maximum Gasteiger partial charge on any atom is 0.319 e. The molecule has 0 spiro atoms. The predicted molar refractivity (Wildman–Crippen MR) is 124 cm³/mol. The van der Waals surface area contributed by atoms with Gasteiger partial charge in [0.1, 0.15) is 6.04 Å². The molecule has 2 aliphatic rings. The van der Waals surface area contributed by atoms with E-state index in [1.807, 2.05) is 26.0 Å². The lowest BCUT2D eigenvalue weighted by molar-refractivity contribution is -0.136. The number of piperidine rings is 1. The van der Waals surface area contributed by atoms with Crippen molar-refractivity contribution in [2.45, 2.75) is 51.7 Å². The summed E-state index contributed by atoms with van der Waals surface area (Å²) in [5.41, 5.74) is 3.78. The van der Waals surface area contributed by atoms with Gasteiger partial charge in [-0.1, -0.05) is 37.6 Å². The summed E-state index contributed by atoms with van der Waals surface area (Å²) in [5, 5.41) is 8.58. The Labute approximate surface area is 196 Å². The molecule has 1 atom stereocenters. The van der Waals surface area contributed by atoms with E-state index in [-0.39, 0.29) is 36.7 Å². The van der Waals surface area contributed by atoms with Gasteiger partial charge in [0.15, 0.2) is 0 Å². The maximum atomic E-state index is 12.8. The summed E-state index contributed by atoms with van der Waals surface area (Å²) < 4.78 is 0. The van der Waals surface area contributed by atoms with E-state index >= 15 is 0 Å². The van der Waals surface area contributed by atoms with Crippen molar-refractivity contribution in [1.82, 2.24) is 15.5 Å². The molecule has 0 aliphatic carbocycles. The van der Waals surface area contributed by atoms with Crippen LogP contribution in [-0.4, -0.2) is 34.7 Å². The van der Waals surface area contributed by atoms with Gasteiger partial charge in [-0.25, -0.2) is 4.79 Å². The van der Waals surface area contributed by atoms with E-state index in [1.165, 1.54) is 4.90 Å². The van der Waals surface area contributed by atoms with Crippen molar-refractivity contribution in [3.05, 3.63) is 63.7 Å². The van der Waals surface area contributed by atoms with E-state index in [4.69, 9.17) is 11.6 Å². The molecular formula is C24H25ClN4O4. The number of benzene rings is 2. The van der Waals surface area contributed by atoms with Crippen molar-refractivity contribution >= 4 is 41.0 Å². The first kappa shape index (κ1) is 22.8. The molecule has 1 unspecified atom stereocenters. The fourth-order valence-corrected chi connectivity index (χ4v) is 4.50. The molecule has 2 aromatic carbocycles. The molecule has 4 rings (SSSR count). The fourth-order valence-electron chi connectivity index (χ4n) is 4.16. The lowest BCUT2D eigenvalue weighted by atomic mass is 10.0. The number of rotatable bonds is 5. The monoisotopic (exact) mass is 468 g/mol. The van der Waals surface area contributed by atoms with Crippen molar-refractivity contribution in [2.24, 2.45) is 0 Å². The normalized spacial score (nSPS) is 17.8. The average Bonchev–Trinajstić information content (AvgIpc) is 3.09. The highest BCUT2D eigenvalue weighted by atomic mass is 35.5. The van der Waals surface area contributed by atoms with Gasteiger partial charge in [0.25, 0.3) is 5.91 Å². The van der Waals surface area contributed by atoms with Crippen LogP contribution in [0, 0.1) is 0 Å². The molecule has 0 aromatic heterocycles. The molecule has 2 aromatic rings. The summed E-state index contributed by atoms with van der Waals surface area (Å²) in [6.45, 7) is 4.63. The van der Waals surface area contributed by atoms with Crippen molar-refractivity contribution < 1.29 is 19.2 Å². The summed E-state index contributed by atoms with van der Waals surface area (Å²) in [7, 11) is 0. The van der Waals surface area contributed by atoms with Crippen LogP contribution in [0.1, 0.15) is 59.7 Å². The van der Waals surface area contributed by atoms with E-state index in [0.29, 0.717) is 29.2 Å². The highest BCUT2D eigenvalue weighted by molar-refractivity contribution is 6.31. The Balaban J connectivity index is 1.37. The van der Waals surface area contributed by atoms with E-state index in [2.05, 4.69) is 16.0 Å². The Morgan fingerprint density at radius 1 is 1.18 bits per heavy atom. The minimum Gasteiger partial charge on any atom is -0.334 e. The van der Waals surface area contributed by atoms with Crippen LogP contribution >= 0.6 is 11.6 Å². The molecule has 1 fully saturated rings. The Morgan fingerprint density at radius 2 is 1.97 bits per heavy atom. The quantitative estimate of drug-likeness (QED) is 0.583. The van der Waals surface area contributed by atoms with Gasteiger partial charge in [-0.2, -0.15) is 0 Å². The Morgan fingerprint density at radius 3 is 2.70 bits per heavy atom. The Kier molecular flexibility index (Phi) is 6.37. The van der Waals surface area contributed by atoms with Crippen LogP contribution in [0.3, 0.4) is 0 Å². The van der Waals surface area contributed by atoms with Gasteiger partial charge in [-0.15, -0.1) is 0 Å². The topological polar surface area (TPSA) is 108 Å². The van der Waals surface area contributed by atoms with Crippen LogP contribution in [0.15, 0.2) is 36.4 Å².